The number of carbonyl (C=O) groups is 1. The van der Waals surface area contributed by atoms with Gasteiger partial charge in [0.2, 0.25) is 0 Å². The summed E-state index contributed by atoms with van der Waals surface area (Å²) in [4.78, 5) is 13.5. The molecular weight excluding hydrogens is 566 g/mol. The van der Waals surface area contributed by atoms with Crippen molar-refractivity contribution in [3.05, 3.63) is 132 Å². The van der Waals surface area contributed by atoms with Gasteiger partial charge in [-0.3, -0.25) is 9.52 Å². The van der Waals surface area contributed by atoms with Crippen molar-refractivity contribution in [3.63, 3.8) is 0 Å². The smallest absolute Gasteiger partial charge is 0.261 e. The Morgan fingerprint density at radius 1 is 0.773 bits per heavy atom. The molecule has 3 aliphatic rings. The highest BCUT2D eigenvalue weighted by Gasteiger charge is 2.53. The molecule has 6 nitrogen and oxygen atoms in total. The Morgan fingerprint density at radius 2 is 1.52 bits per heavy atom. The molecule has 1 amide bonds. The first-order valence-electron chi connectivity index (χ1n) is 15.3. The largest absolute Gasteiger partial charge is 0.378 e. The Kier molecular flexibility index (Phi) is 6.45. The van der Waals surface area contributed by atoms with Crippen LogP contribution in [-0.4, -0.2) is 14.3 Å². The highest BCUT2D eigenvalue weighted by Crippen LogP contribution is 2.63. The number of rotatable bonds is 6. The van der Waals surface area contributed by atoms with Crippen LogP contribution in [0.5, 0.6) is 0 Å². The summed E-state index contributed by atoms with van der Waals surface area (Å²) in [5.74, 6) is 2.13. The van der Waals surface area contributed by atoms with Crippen molar-refractivity contribution in [1.29, 1.82) is 0 Å². The SMILES string of the molecule is O=C(Nc1ccc(S(=O)(=O)Nc2cccc3ccccc23)cc1)c1ccc2c(c1)[C@@H]1[C@H]3CC[C@@H](C3)[C@H]1[C@H](c1ccccc1)N2. The number of anilines is 3. The van der Waals surface area contributed by atoms with Gasteiger partial charge in [0.25, 0.3) is 15.9 Å². The molecule has 0 radical (unpaired) electrons. The van der Waals surface area contributed by atoms with Crippen LogP contribution in [0, 0.1) is 17.8 Å². The third-order valence-electron chi connectivity index (χ3n) is 9.96. The quantitative estimate of drug-likeness (QED) is 0.184. The summed E-state index contributed by atoms with van der Waals surface area (Å²) in [5, 5.41) is 8.59. The van der Waals surface area contributed by atoms with E-state index in [1.54, 1.807) is 18.2 Å². The highest BCUT2D eigenvalue weighted by atomic mass is 32.2. The van der Waals surface area contributed by atoms with Crippen molar-refractivity contribution in [1.82, 2.24) is 0 Å². The topological polar surface area (TPSA) is 87.3 Å². The van der Waals surface area contributed by atoms with Gasteiger partial charge in [-0.15, -0.1) is 0 Å². The number of hydrogen-bond acceptors (Lipinski definition) is 4. The normalized spacial score (nSPS) is 23.4. The lowest BCUT2D eigenvalue weighted by Crippen LogP contribution is -2.35. The number of benzene rings is 5. The van der Waals surface area contributed by atoms with Crippen molar-refractivity contribution in [2.75, 3.05) is 15.4 Å². The van der Waals surface area contributed by atoms with Gasteiger partial charge in [-0.1, -0.05) is 66.7 Å². The average Bonchev–Trinajstić information content (AvgIpc) is 3.68. The highest BCUT2D eigenvalue weighted by molar-refractivity contribution is 7.92. The van der Waals surface area contributed by atoms with E-state index >= 15 is 0 Å². The maximum atomic E-state index is 13.4. The molecule has 2 saturated carbocycles. The third kappa shape index (κ3) is 4.63. The zero-order valence-corrected chi connectivity index (χ0v) is 24.9. The van der Waals surface area contributed by atoms with Crippen LogP contribution in [0.1, 0.15) is 52.7 Å². The van der Waals surface area contributed by atoms with Gasteiger partial charge in [-0.05, 0) is 108 Å². The van der Waals surface area contributed by atoms with E-state index < -0.39 is 10.0 Å². The molecule has 5 aromatic rings. The Hall–Kier alpha value is -4.62. The average molecular weight is 600 g/mol. The molecule has 0 saturated heterocycles. The minimum absolute atomic E-state index is 0.124. The summed E-state index contributed by atoms with van der Waals surface area (Å²) in [5.41, 5.74) is 5.38. The molecular formula is C37H33N3O3S. The summed E-state index contributed by atoms with van der Waals surface area (Å²) in [6, 6.07) is 36.5. The zero-order chi connectivity index (χ0) is 29.8. The molecule has 2 aliphatic carbocycles. The molecule has 1 heterocycles. The Balaban J connectivity index is 1.01. The van der Waals surface area contributed by atoms with Crippen LogP contribution in [-0.2, 0) is 10.0 Å². The monoisotopic (exact) mass is 599 g/mol. The van der Waals surface area contributed by atoms with Crippen molar-refractivity contribution in [2.24, 2.45) is 17.8 Å². The Bertz CT molecular complexity index is 1990. The van der Waals surface area contributed by atoms with Gasteiger partial charge < -0.3 is 10.6 Å². The molecule has 44 heavy (non-hydrogen) atoms. The van der Waals surface area contributed by atoms with Gasteiger partial charge in [0, 0.05) is 22.3 Å². The molecule has 3 N–H and O–H groups in total. The predicted molar refractivity (Wildman–Crippen MR) is 175 cm³/mol. The van der Waals surface area contributed by atoms with E-state index in [1.807, 2.05) is 42.5 Å². The van der Waals surface area contributed by atoms with Gasteiger partial charge >= 0.3 is 0 Å². The van der Waals surface area contributed by atoms with Crippen molar-refractivity contribution in [2.45, 2.75) is 36.1 Å². The lowest BCUT2D eigenvalue weighted by Gasteiger charge is -2.43. The van der Waals surface area contributed by atoms with E-state index in [0.29, 0.717) is 40.6 Å². The van der Waals surface area contributed by atoms with E-state index in [2.05, 4.69) is 57.8 Å². The zero-order valence-electron chi connectivity index (χ0n) is 24.1. The number of sulfonamides is 1. The van der Waals surface area contributed by atoms with E-state index in [4.69, 9.17) is 0 Å². The van der Waals surface area contributed by atoms with Crippen LogP contribution < -0.4 is 15.4 Å². The first-order valence-corrected chi connectivity index (χ1v) is 16.8. The molecule has 220 valence electrons. The number of nitrogens with one attached hydrogen (secondary N) is 3. The lowest BCUT2D eigenvalue weighted by molar-refractivity contribution is 0.102. The molecule has 0 aromatic heterocycles. The van der Waals surface area contributed by atoms with Crippen LogP contribution in [0.25, 0.3) is 10.8 Å². The summed E-state index contributed by atoms with van der Waals surface area (Å²) in [7, 11) is -3.82. The molecule has 7 heteroatoms. The number of hydrogen-bond donors (Lipinski definition) is 3. The number of amides is 1. The Morgan fingerprint density at radius 3 is 2.36 bits per heavy atom. The van der Waals surface area contributed by atoms with Crippen LogP contribution in [0.2, 0.25) is 0 Å². The van der Waals surface area contributed by atoms with Crippen molar-refractivity contribution in [3.8, 4) is 0 Å². The Labute approximate surface area is 257 Å². The fourth-order valence-electron chi connectivity index (χ4n) is 8.06. The van der Waals surface area contributed by atoms with E-state index in [1.165, 1.54) is 42.5 Å². The molecule has 8 rings (SSSR count). The third-order valence-corrected chi connectivity index (χ3v) is 11.3. The summed E-state index contributed by atoms with van der Waals surface area (Å²) < 4.78 is 29.1. The van der Waals surface area contributed by atoms with Gasteiger partial charge in [-0.25, -0.2) is 8.42 Å². The second-order valence-corrected chi connectivity index (χ2v) is 14.1. The minimum Gasteiger partial charge on any atom is -0.378 e. The molecule has 5 aromatic carbocycles. The van der Waals surface area contributed by atoms with Crippen LogP contribution in [0.3, 0.4) is 0 Å². The van der Waals surface area contributed by atoms with Gasteiger partial charge in [0.05, 0.1) is 16.6 Å². The summed E-state index contributed by atoms with van der Waals surface area (Å²) in [6.07, 6.45) is 3.81. The van der Waals surface area contributed by atoms with Crippen LogP contribution in [0.15, 0.2) is 120 Å². The molecule has 0 spiro atoms. The van der Waals surface area contributed by atoms with Crippen molar-refractivity contribution < 1.29 is 13.2 Å². The van der Waals surface area contributed by atoms with Crippen molar-refractivity contribution >= 4 is 43.8 Å². The standard InChI is InChI=1S/C37H33N3O3S/c41-37(38-28-16-18-29(19-17-28)44(42,43)40-33-12-6-10-23-7-4-5-11-30(23)33)27-15-20-32-31(22-27)34-25-13-14-26(21-25)35(34)36(39-32)24-8-2-1-3-9-24/h1-12,15-20,22,25-26,34-36,39-40H,13-14,21H2,(H,38,41)/t25-,26-,34-,35+,36-/m0/s1. The summed E-state index contributed by atoms with van der Waals surface area (Å²) in [6.45, 7) is 0. The number of fused-ring (bicyclic) bond motifs is 8. The molecule has 0 unspecified atom stereocenters. The molecule has 2 bridgehead atoms. The summed E-state index contributed by atoms with van der Waals surface area (Å²) >= 11 is 0. The fraction of sp³-hybridized carbons (Fsp3) is 0.216. The van der Waals surface area contributed by atoms with E-state index in [9.17, 15) is 13.2 Å². The molecule has 5 atom stereocenters. The second kappa shape index (κ2) is 10.5. The van der Waals surface area contributed by atoms with Crippen LogP contribution >= 0.6 is 0 Å². The van der Waals surface area contributed by atoms with Gasteiger partial charge in [-0.2, -0.15) is 0 Å². The molecule has 1 aliphatic heterocycles. The lowest BCUT2D eigenvalue weighted by atomic mass is 9.68. The van der Waals surface area contributed by atoms with Gasteiger partial charge in [0.15, 0.2) is 0 Å². The van der Waals surface area contributed by atoms with E-state index in [0.717, 1.165) is 16.5 Å². The van der Waals surface area contributed by atoms with Crippen LogP contribution in [0.4, 0.5) is 17.1 Å². The maximum Gasteiger partial charge on any atom is 0.261 e. The first kappa shape index (κ1) is 27.0. The van der Waals surface area contributed by atoms with E-state index in [-0.39, 0.29) is 16.8 Å². The maximum absolute atomic E-state index is 13.4. The molecule has 2 fully saturated rings. The van der Waals surface area contributed by atoms with Gasteiger partial charge in [0.1, 0.15) is 0 Å². The minimum atomic E-state index is -3.82. The number of carbonyl (C=O) groups excluding carboxylic acids is 1. The second-order valence-electron chi connectivity index (χ2n) is 12.4. The first-order chi connectivity index (χ1) is 21.4. The predicted octanol–water partition coefficient (Wildman–Crippen LogP) is 8.19. The fourth-order valence-corrected chi connectivity index (χ4v) is 9.14.